The number of methoxy groups -OCH3 is 2. The third kappa shape index (κ3) is 5.62. The molecule has 1 aromatic rings. The zero-order valence-corrected chi connectivity index (χ0v) is 18.4. The number of hydrogen-bond donors (Lipinski definition) is 0. The van der Waals surface area contributed by atoms with Crippen molar-refractivity contribution in [1.29, 1.82) is 0 Å². The Morgan fingerprint density at radius 3 is 2.17 bits per heavy atom. The lowest BCUT2D eigenvalue weighted by atomic mass is 10.1. The van der Waals surface area contributed by atoms with Gasteiger partial charge in [-0.25, -0.2) is 0 Å². The van der Waals surface area contributed by atoms with Crippen molar-refractivity contribution < 1.29 is 19.0 Å². The lowest BCUT2D eigenvalue weighted by Gasteiger charge is -2.38. The SMILES string of the molecule is COc1cc(C)c(CN2CCN(C(=O)CN3C[C@@H](C)O[C@@H](C)C3)CC2)cc1OC. The number of carbonyl (C=O) groups excluding carboxylic acids is 1. The summed E-state index contributed by atoms with van der Waals surface area (Å²) in [7, 11) is 3.32. The predicted molar refractivity (Wildman–Crippen MR) is 113 cm³/mol. The van der Waals surface area contributed by atoms with Crippen molar-refractivity contribution in [2.24, 2.45) is 0 Å². The maximum Gasteiger partial charge on any atom is 0.236 e. The first-order chi connectivity index (χ1) is 13.9. The van der Waals surface area contributed by atoms with Gasteiger partial charge < -0.3 is 19.1 Å². The first kappa shape index (κ1) is 21.9. The van der Waals surface area contributed by atoms with E-state index in [1.165, 1.54) is 11.1 Å². The lowest BCUT2D eigenvalue weighted by Crippen LogP contribution is -2.53. The quantitative estimate of drug-likeness (QED) is 0.719. The molecule has 0 bridgehead atoms. The molecule has 2 atom stereocenters. The van der Waals surface area contributed by atoms with Crippen LogP contribution in [0.15, 0.2) is 12.1 Å². The van der Waals surface area contributed by atoms with Gasteiger partial charge in [0.1, 0.15) is 0 Å². The smallest absolute Gasteiger partial charge is 0.236 e. The Labute approximate surface area is 174 Å². The van der Waals surface area contributed by atoms with E-state index in [4.69, 9.17) is 14.2 Å². The van der Waals surface area contributed by atoms with E-state index >= 15 is 0 Å². The molecular formula is C22H35N3O4. The Kier molecular flexibility index (Phi) is 7.38. The van der Waals surface area contributed by atoms with Crippen LogP contribution in [0.25, 0.3) is 0 Å². The summed E-state index contributed by atoms with van der Waals surface area (Å²) in [5.74, 6) is 1.75. The third-order valence-corrected chi connectivity index (χ3v) is 5.82. The van der Waals surface area contributed by atoms with Crippen molar-refractivity contribution in [2.45, 2.75) is 39.5 Å². The Morgan fingerprint density at radius 1 is 1.00 bits per heavy atom. The summed E-state index contributed by atoms with van der Waals surface area (Å²) in [5.41, 5.74) is 2.43. The van der Waals surface area contributed by atoms with E-state index in [1.807, 2.05) is 11.0 Å². The number of hydrogen-bond acceptors (Lipinski definition) is 6. The topological polar surface area (TPSA) is 54.5 Å². The summed E-state index contributed by atoms with van der Waals surface area (Å²) in [6, 6.07) is 4.09. The van der Waals surface area contributed by atoms with Crippen molar-refractivity contribution in [3.63, 3.8) is 0 Å². The number of amides is 1. The Morgan fingerprint density at radius 2 is 1.59 bits per heavy atom. The molecule has 7 nitrogen and oxygen atoms in total. The number of nitrogens with zero attached hydrogens (tertiary/aromatic N) is 3. The van der Waals surface area contributed by atoms with E-state index in [2.05, 4.69) is 36.6 Å². The molecule has 7 heteroatoms. The molecule has 0 radical (unpaired) electrons. The highest BCUT2D eigenvalue weighted by Crippen LogP contribution is 2.31. The average molecular weight is 406 g/mol. The number of morpholine rings is 1. The molecule has 1 aromatic carbocycles. The van der Waals surface area contributed by atoms with Crippen LogP contribution in [-0.4, -0.2) is 92.8 Å². The van der Waals surface area contributed by atoms with Crippen LogP contribution in [0.5, 0.6) is 11.5 Å². The van der Waals surface area contributed by atoms with Gasteiger partial charge in [-0.3, -0.25) is 14.6 Å². The van der Waals surface area contributed by atoms with Crippen LogP contribution >= 0.6 is 0 Å². The van der Waals surface area contributed by atoms with Gasteiger partial charge in [0.15, 0.2) is 11.5 Å². The van der Waals surface area contributed by atoms with Crippen LogP contribution in [0, 0.1) is 6.92 Å². The monoisotopic (exact) mass is 405 g/mol. The molecule has 162 valence electrons. The fourth-order valence-electron chi connectivity index (χ4n) is 4.29. The summed E-state index contributed by atoms with van der Waals surface area (Å²) in [6.45, 7) is 12.6. The summed E-state index contributed by atoms with van der Waals surface area (Å²) >= 11 is 0. The minimum atomic E-state index is 0.188. The number of aryl methyl sites for hydroxylation is 1. The van der Waals surface area contributed by atoms with E-state index in [9.17, 15) is 4.79 Å². The second-order valence-electron chi connectivity index (χ2n) is 8.24. The molecule has 2 saturated heterocycles. The largest absolute Gasteiger partial charge is 0.493 e. The first-order valence-corrected chi connectivity index (χ1v) is 10.5. The number of piperazine rings is 1. The number of ether oxygens (including phenoxy) is 3. The molecule has 2 fully saturated rings. The molecule has 2 aliphatic rings. The van der Waals surface area contributed by atoms with Crippen LogP contribution in [0.4, 0.5) is 0 Å². The van der Waals surface area contributed by atoms with Gasteiger partial charge in [0, 0.05) is 45.8 Å². The van der Waals surface area contributed by atoms with Crippen LogP contribution in [0.3, 0.4) is 0 Å². The van der Waals surface area contributed by atoms with E-state index in [0.29, 0.717) is 6.54 Å². The molecule has 0 aliphatic carbocycles. The maximum atomic E-state index is 12.7. The number of rotatable bonds is 6. The molecule has 1 amide bonds. The molecule has 0 N–H and O–H groups in total. The molecule has 0 aromatic heterocycles. The number of carbonyl (C=O) groups is 1. The van der Waals surface area contributed by atoms with Crippen LogP contribution in [0.2, 0.25) is 0 Å². The molecular weight excluding hydrogens is 370 g/mol. The fourth-order valence-corrected chi connectivity index (χ4v) is 4.29. The van der Waals surface area contributed by atoms with Gasteiger partial charge >= 0.3 is 0 Å². The molecule has 0 unspecified atom stereocenters. The summed E-state index contributed by atoms with van der Waals surface area (Å²) in [6.07, 6.45) is 0.376. The zero-order chi connectivity index (χ0) is 21.0. The highest BCUT2D eigenvalue weighted by Gasteiger charge is 2.27. The second-order valence-corrected chi connectivity index (χ2v) is 8.24. The van der Waals surface area contributed by atoms with Gasteiger partial charge in [-0.15, -0.1) is 0 Å². The number of benzene rings is 1. The maximum absolute atomic E-state index is 12.7. The van der Waals surface area contributed by atoms with Gasteiger partial charge in [-0.1, -0.05) is 0 Å². The van der Waals surface area contributed by atoms with Gasteiger partial charge in [-0.05, 0) is 44.0 Å². The van der Waals surface area contributed by atoms with Crippen LogP contribution < -0.4 is 9.47 Å². The lowest BCUT2D eigenvalue weighted by molar-refractivity contribution is -0.137. The van der Waals surface area contributed by atoms with Gasteiger partial charge in [0.05, 0.1) is 33.0 Å². The first-order valence-electron chi connectivity index (χ1n) is 10.5. The Balaban J connectivity index is 1.51. The van der Waals surface area contributed by atoms with Crippen molar-refractivity contribution in [1.82, 2.24) is 14.7 Å². The summed E-state index contributed by atoms with van der Waals surface area (Å²) in [5, 5.41) is 0. The third-order valence-electron chi connectivity index (χ3n) is 5.82. The Hall–Kier alpha value is -1.83. The second kappa shape index (κ2) is 9.78. The van der Waals surface area contributed by atoms with E-state index in [-0.39, 0.29) is 18.1 Å². The molecule has 0 saturated carbocycles. The van der Waals surface area contributed by atoms with Crippen molar-refractivity contribution in [3.8, 4) is 11.5 Å². The minimum absolute atomic E-state index is 0.188. The van der Waals surface area contributed by atoms with Crippen molar-refractivity contribution >= 4 is 5.91 Å². The van der Waals surface area contributed by atoms with Crippen LogP contribution in [0.1, 0.15) is 25.0 Å². The summed E-state index contributed by atoms with van der Waals surface area (Å²) in [4.78, 5) is 19.4. The normalized spacial score (nSPS) is 23.8. The fraction of sp³-hybridized carbons (Fsp3) is 0.682. The van der Waals surface area contributed by atoms with E-state index in [1.54, 1.807) is 14.2 Å². The predicted octanol–water partition coefficient (Wildman–Crippen LogP) is 1.77. The highest BCUT2D eigenvalue weighted by molar-refractivity contribution is 5.78. The molecule has 29 heavy (non-hydrogen) atoms. The minimum Gasteiger partial charge on any atom is -0.493 e. The van der Waals surface area contributed by atoms with E-state index < -0.39 is 0 Å². The van der Waals surface area contributed by atoms with Gasteiger partial charge in [0.2, 0.25) is 5.91 Å². The van der Waals surface area contributed by atoms with Crippen molar-refractivity contribution in [2.75, 3.05) is 60.0 Å². The standard InChI is InChI=1S/C22H35N3O4/c1-16-10-20(27-4)21(28-5)11-19(16)14-23-6-8-25(9-7-23)22(26)15-24-12-17(2)29-18(3)13-24/h10-11,17-18H,6-9,12-15H2,1-5H3/t17-,18+. The molecule has 3 rings (SSSR count). The zero-order valence-electron chi connectivity index (χ0n) is 18.4. The van der Waals surface area contributed by atoms with Gasteiger partial charge in [0.25, 0.3) is 0 Å². The molecule has 0 spiro atoms. The van der Waals surface area contributed by atoms with Crippen molar-refractivity contribution in [3.05, 3.63) is 23.3 Å². The highest BCUT2D eigenvalue weighted by atomic mass is 16.5. The van der Waals surface area contributed by atoms with Crippen LogP contribution in [-0.2, 0) is 16.1 Å². The Bertz CT molecular complexity index is 694. The molecule has 2 aliphatic heterocycles. The van der Waals surface area contributed by atoms with E-state index in [0.717, 1.165) is 57.3 Å². The average Bonchev–Trinajstić information content (AvgIpc) is 2.68. The molecule has 2 heterocycles. The summed E-state index contributed by atoms with van der Waals surface area (Å²) < 4.78 is 16.6. The van der Waals surface area contributed by atoms with Gasteiger partial charge in [-0.2, -0.15) is 0 Å².